The Morgan fingerprint density at radius 3 is 2.70 bits per heavy atom. The molecular weight excluding hydrogens is 316 g/mol. The van der Waals surface area contributed by atoms with Crippen LogP contribution in [-0.4, -0.2) is 26.3 Å². The minimum atomic E-state index is -0.315. The Bertz CT molecular complexity index is 635. The highest BCUT2D eigenvalue weighted by molar-refractivity contribution is 6.31. The van der Waals surface area contributed by atoms with E-state index in [0.29, 0.717) is 36.0 Å². The van der Waals surface area contributed by atoms with E-state index >= 15 is 0 Å². The molecule has 6 heteroatoms. The number of para-hydroxylation sites is 1. The number of ether oxygens (including phenoxy) is 2. The summed E-state index contributed by atoms with van der Waals surface area (Å²) in [5.41, 5.74) is 0.526. The first-order valence-corrected chi connectivity index (χ1v) is 7.63. The van der Waals surface area contributed by atoms with Gasteiger partial charge in [-0.3, -0.25) is 0 Å². The molecule has 5 nitrogen and oxygen atoms in total. The highest BCUT2D eigenvalue weighted by Crippen LogP contribution is 2.27. The van der Waals surface area contributed by atoms with Gasteiger partial charge in [0.2, 0.25) is 0 Å². The Labute approximate surface area is 140 Å². The van der Waals surface area contributed by atoms with Crippen molar-refractivity contribution in [2.75, 3.05) is 25.6 Å². The molecule has 122 valence electrons. The molecule has 0 saturated carbocycles. The second-order valence-electron chi connectivity index (χ2n) is 4.74. The van der Waals surface area contributed by atoms with Gasteiger partial charge in [0.1, 0.15) is 11.5 Å². The Balaban J connectivity index is 1.70. The predicted molar refractivity (Wildman–Crippen MR) is 91.6 cm³/mol. The van der Waals surface area contributed by atoms with E-state index in [4.69, 9.17) is 21.1 Å². The lowest BCUT2D eigenvalue weighted by Gasteiger charge is -2.11. The third-order valence-electron chi connectivity index (χ3n) is 3.03. The lowest BCUT2D eigenvalue weighted by molar-refractivity contribution is 0.250. The van der Waals surface area contributed by atoms with Gasteiger partial charge in [0.25, 0.3) is 0 Å². The van der Waals surface area contributed by atoms with Gasteiger partial charge in [-0.1, -0.05) is 29.8 Å². The van der Waals surface area contributed by atoms with Crippen molar-refractivity contribution >= 4 is 23.3 Å². The van der Waals surface area contributed by atoms with Crippen molar-refractivity contribution in [3.63, 3.8) is 0 Å². The average molecular weight is 335 g/mol. The quantitative estimate of drug-likeness (QED) is 0.754. The maximum atomic E-state index is 11.9. The Kier molecular flexibility index (Phi) is 6.56. The maximum absolute atomic E-state index is 11.9. The van der Waals surface area contributed by atoms with E-state index < -0.39 is 0 Å². The normalized spacial score (nSPS) is 10.0. The van der Waals surface area contributed by atoms with Gasteiger partial charge in [0, 0.05) is 11.6 Å². The number of halogens is 1. The van der Waals surface area contributed by atoms with E-state index in [2.05, 4.69) is 10.6 Å². The standard InChI is InChI=1S/C17H19ClN2O3/c1-22-16-9-8-13(18)12-15(16)20-17(21)19-10-5-11-23-14-6-3-2-4-7-14/h2-4,6-9,12H,5,10-11H2,1H3,(H2,19,20,21). The monoisotopic (exact) mass is 334 g/mol. The molecule has 2 aromatic rings. The number of carbonyl (C=O) groups is 1. The first-order chi connectivity index (χ1) is 11.2. The van der Waals surface area contributed by atoms with E-state index in [0.717, 1.165) is 5.75 Å². The molecule has 0 saturated heterocycles. The molecule has 23 heavy (non-hydrogen) atoms. The van der Waals surface area contributed by atoms with Gasteiger partial charge >= 0.3 is 6.03 Å². The van der Waals surface area contributed by atoms with Crippen molar-refractivity contribution < 1.29 is 14.3 Å². The van der Waals surface area contributed by atoms with Crippen LogP contribution >= 0.6 is 11.6 Å². The summed E-state index contributed by atoms with van der Waals surface area (Å²) >= 11 is 5.92. The second kappa shape index (κ2) is 8.90. The first kappa shape index (κ1) is 17.0. The van der Waals surface area contributed by atoms with Crippen LogP contribution in [-0.2, 0) is 0 Å². The van der Waals surface area contributed by atoms with Gasteiger partial charge in [-0.15, -0.1) is 0 Å². The summed E-state index contributed by atoms with van der Waals surface area (Å²) in [4.78, 5) is 11.9. The van der Waals surface area contributed by atoms with Crippen molar-refractivity contribution in [2.45, 2.75) is 6.42 Å². The average Bonchev–Trinajstić information content (AvgIpc) is 2.56. The molecule has 2 aromatic carbocycles. The molecule has 2 amide bonds. The van der Waals surface area contributed by atoms with E-state index in [1.54, 1.807) is 18.2 Å². The number of nitrogens with one attached hydrogen (secondary N) is 2. The minimum Gasteiger partial charge on any atom is -0.495 e. The smallest absolute Gasteiger partial charge is 0.319 e. The summed E-state index contributed by atoms with van der Waals surface area (Å²) in [5, 5.41) is 6.00. The first-order valence-electron chi connectivity index (χ1n) is 7.25. The molecule has 0 aliphatic heterocycles. The molecule has 0 bridgehead atoms. The highest BCUT2D eigenvalue weighted by Gasteiger charge is 2.07. The van der Waals surface area contributed by atoms with E-state index in [1.807, 2.05) is 30.3 Å². The largest absolute Gasteiger partial charge is 0.495 e. The molecule has 2 N–H and O–H groups in total. The highest BCUT2D eigenvalue weighted by atomic mass is 35.5. The molecule has 0 atom stereocenters. The van der Waals surface area contributed by atoms with Crippen molar-refractivity contribution in [3.05, 3.63) is 53.6 Å². The summed E-state index contributed by atoms with van der Waals surface area (Å²) in [6.07, 6.45) is 0.703. The van der Waals surface area contributed by atoms with Gasteiger partial charge in [-0.05, 0) is 36.8 Å². The zero-order chi connectivity index (χ0) is 16.5. The predicted octanol–water partition coefficient (Wildman–Crippen LogP) is 3.94. The number of carbonyl (C=O) groups excluding carboxylic acids is 1. The summed E-state index contributed by atoms with van der Waals surface area (Å²) < 4.78 is 10.7. The maximum Gasteiger partial charge on any atom is 0.319 e. The minimum absolute atomic E-state index is 0.315. The number of benzene rings is 2. The number of hydrogen-bond donors (Lipinski definition) is 2. The molecule has 0 aliphatic rings. The number of amides is 2. The van der Waals surface area contributed by atoms with Gasteiger partial charge in [0.15, 0.2) is 0 Å². The van der Waals surface area contributed by atoms with Crippen LogP contribution in [0.25, 0.3) is 0 Å². The molecule has 0 aromatic heterocycles. The third kappa shape index (κ3) is 5.71. The van der Waals surface area contributed by atoms with Crippen LogP contribution in [0.1, 0.15) is 6.42 Å². The number of urea groups is 1. The van der Waals surface area contributed by atoms with Gasteiger partial charge in [-0.2, -0.15) is 0 Å². The topological polar surface area (TPSA) is 59.6 Å². The lowest BCUT2D eigenvalue weighted by atomic mass is 10.3. The number of rotatable bonds is 7. The zero-order valence-corrected chi connectivity index (χ0v) is 13.6. The van der Waals surface area contributed by atoms with Crippen LogP contribution in [0, 0.1) is 0 Å². The molecule has 0 fully saturated rings. The third-order valence-corrected chi connectivity index (χ3v) is 3.26. The fraction of sp³-hybridized carbons (Fsp3) is 0.235. The van der Waals surface area contributed by atoms with Crippen LogP contribution in [0.15, 0.2) is 48.5 Å². The SMILES string of the molecule is COc1ccc(Cl)cc1NC(=O)NCCCOc1ccccc1. The van der Waals surface area contributed by atoms with E-state index in [1.165, 1.54) is 7.11 Å². The van der Waals surface area contributed by atoms with Crippen molar-refractivity contribution in [1.29, 1.82) is 0 Å². The van der Waals surface area contributed by atoms with Gasteiger partial charge < -0.3 is 20.1 Å². The van der Waals surface area contributed by atoms with Gasteiger partial charge in [-0.25, -0.2) is 4.79 Å². The molecule has 0 heterocycles. The Morgan fingerprint density at radius 1 is 1.17 bits per heavy atom. The fourth-order valence-electron chi connectivity index (χ4n) is 1.93. The summed E-state index contributed by atoms with van der Waals surface area (Å²) in [7, 11) is 1.53. The Hall–Kier alpha value is -2.40. The molecule has 2 rings (SSSR count). The van der Waals surface area contributed by atoms with Crippen molar-refractivity contribution in [3.8, 4) is 11.5 Å². The fourth-order valence-corrected chi connectivity index (χ4v) is 2.10. The van der Waals surface area contributed by atoms with Crippen LogP contribution in [0.3, 0.4) is 0 Å². The van der Waals surface area contributed by atoms with E-state index in [-0.39, 0.29) is 6.03 Å². The second-order valence-corrected chi connectivity index (χ2v) is 5.18. The molecule has 0 unspecified atom stereocenters. The lowest BCUT2D eigenvalue weighted by Crippen LogP contribution is -2.30. The molecular formula is C17H19ClN2O3. The zero-order valence-electron chi connectivity index (χ0n) is 12.8. The van der Waals surface area contributed by atoms with Crippen molar-refractivity contribution in [1.82, 2.24) is 5.32 Å². The summed E-state index contributed by atoms with van der Waals surface area (Å²) in [6.45, 7) is 1.03. The van der Waals surface area contributed by atoms with E-state index in [9.17, 15) is 4.79 Å². The Morgan fingerprint density at radius 2 is 1.96 bits per heavy atom. The van der Waals surface area contributed by atoms with Crippen LogP contribution in [0.5, 0.6) is 11.5 Å². The molecule has 0 radical (unpaired) electrons. The summed E-state index contributed by atoms with van der Waals surface area (Å²) in [5.74, 6) is 1.37. The summed E-state index contributed by atoms with van der Waals surface area (Å²) in [6, 6.07) is 14.3. The van der Waals surface area contributed by atoms with Crippen molar-refractivity contribution in [2.24, 2.45) is 0 Å². The molecule has 0 aliphatic carbocycles. The van der Waals surface area contributed by atoms with Crippen LogP contribution in [0.2, 0.25) is 5.02 Å². The number of anilines is 1. The van der Waals surface area contributed by atoms with Crippen LogP contribution < -0.4 is 20.1 Å². The number of methoxy groups -OCH3 is 1. The van der Waals surface area contributed by atoms with Crippen LogP contribution in [0.4, 0.5) is 10.5 Å². The number of hydrogen-bond acceptors (Lipinski definition) is 3. The van der Waals surface area contributed by atoms with Gasteiger partial charge in [0.05, 0.1) is 19.4 Å². The molecule has 0 spiro atoms.